The van der Waals surface area contributed by atoms with Gasteiger partial charge >= 0.3 is 6.03 Å². The largest absolute Gasteiger partial charge is 0.494 e. The van der Waals surface area contributed by atoms with Gasteiger partial charge in [0.15, 0.2) is 0 Å². The summed E-state index contributed by atoms with van der Waals surface area (Å²) in [6, 6.07) is 7.01. The number of nitrogens with zero attached hydrogens (tertiary/aromatic N) is 4. The van der Waals surface area contributed by atoms with Crippen molar-refractivity contribution >= 4 is 23.7 Å². The maximum atomic E-state index is 12.1. The van der Waals surface area contributed by atoms with Gasteiger partial charge in [0.05, 0.1) is 12.9 Å². The number of hydrogen-bond acceptors (Lipinski definition) is 7. The molecule has 3 rings (SSSR count). The molecule has 10 heteroatoms. The van der Waals surface area contributed by atoms with Crippen LogP contribution in [0, 0.1) is 0 Å². The van der Waals surface area contributed by atoms with Crippen molar-refractivity contribution in [1.82, 2.24) is 30.8 Å². The zero-order chi connectivity index (χ0) is 19.1. The van der Waals surface area contributed by atoms with Gasteiger partial charge in [-0.05, 0) is 35.4 Å². The molecule has 0 aliphatic heterocycles. The SMILES string of the molecule is COc1ccccc1-n1nnnc1SCC(=O)NC(=O)NC1CCCCC1. The standard InChI is InChI=1S/C17H22N6O3S/c1-26-14-10-6-5-9-13(14)23-17(20-21-22-23)27-11-15(24)19-16(25)18-12-7-3-2-4-8-12/h5-6,9-10,12H,2-4,7-8,11H2,1H3,(H2,18,19,24,25). The maximum Gasteiger partial charge on any atom is 0.321 e. The number of aromatic nitrogens is 4. The Balaban J connectivity index is 1.54. The minimum Gasteiger partial charge on any atom is -0.494 e. The molecule has 1 aromatic carbocycles. The fraction of sp³-hybridized carbons (Fsp3) is 0.471. The summed E-state index contributed by atoms with van der Waals surface area (Å²) in [6.07, 6.45) is 5.35. The van der Waals surface area contributed by atoms with E-state index < -0.39 is 11.9 Å². The monoisotopic (exact) mass is 390 g/mol. The lowest BCUT2D eigenvalue weighted by atomic mass is 9.96. The van der Waals surface area contributed by atoms with Gasteiger partial charge in [-0.3, -0.25) is 10.1 Å². The average Bonchev–Trinajstić information content (AvgIpc) is 3.15. The lowest BCUT2D eigenvalue weighted by Gasteiger charge is -2.22. The number of urea groups is 1. The number of hydrogen-bond donors (Lipinski definition) is 2. The average molecular weight is 390 g/mol. The van der Waals surface area contributed by atoms with E-state index in [-0.39, 0.29) is 11.8 Å². The Morgan fingerprint density at radius 3 is 2.81 bits per heavy atom. The zero-order valence-electron chi connectivity index (χ0n) is 15.1. The summed E-state index contributed by atoms with van der Waals surface area (Å²) in [4.78, 5) is 24.0. The molecule has 144 valence electrons. The number of amides is 3. The summed E-state index contributed by atoms with van der Waals surface area (Å²) in [6.45, 7) is 0. The summed E-state index contributed by atoms with van der Waals surface area (Å²) in [5, 5.41) is 17.2. The number of para-hydroxylation sites is 2. The molecule has 0 saturated heterocycles. The second-order valence-corrected chi connectivity index (χ2v) is 7.13. The normalized spacial score (nSPS) is 14.6. The van der Waals surface area contributed by atoms with Gasteiger partial charge in [-0.2, -0.15) is 4.68 Å². The topological polar surface area (TPSA) is 111 Å². The van der Waals surface area contributed by atoms with E-state index in [9.17, 15) is 9.59 Å². The minimum absolute atomic E-state index is 0.0214. The van der Waals surface area contributed by atoms with E-state index in [1.807, 2.05) is 18.2 Å². The van der Waals surface area contributed by atoms with Crippen LogP contribution in [0.4, 0.5) is 4.79 Å². The van der Waals surface area contributed by atoms with Gasteiger partial charge in [0.1, 0.15) is 11.4 Å². The molecule has 9 nitrogen and oxygen atoms in total. The van der Waals surface area contributed by atoms with Gasteiger partial charge in [-0.15, -0.1) is 5.10 Å². The number of methoxy groups -OCH3 is 1. The Morgan fingerprint density at radius 2 is 2.04 bits per heavy atom. The van der Waals surface area contributed by atoms with Gasteiger partial charge in [-0.1, -0.05) is 43.2 Å². The number of carbonyl (C=O) groups is 2. The molecule has 1 aliphatic carbocycles. The molecule has 2 aromatic rings. The second-order valence-electron chi connectivity index (χ2n) is 6.19. The van der Waals surface area contributed by atoms with Crippen LogP contribution < -0.4 is 15.4 Å². The summed E-state index contributed by atoms with van der Waals surface area (Å²) >= 11 is 1.14. The third kappa shape index (κ3) is 5.19. The fourth-order valence-electron chi connectivity index (χ4n) is 2.99. The highest BCUT2D eigenvalue weighted by Gasteiger charge is 2.18. The van der Waals surface area contributed by atoms with E-state index in [0.29, 0.717) is 16.6 Å². The van der Waals surface area contributed by atoms with Crippen LogP contribution in [0.1, 0.15) is 32.1 Å². The Morgan fingerprint density at radius 1 is 1.26 bits per heavy atom. The molecule has 0 atom stereocenters. The van der Waals surface area contributed by atoms with Crippen LogP contribution in [-0.4, -0.2) is 51.1 Å². The van der Waals surface area contributed by atoms with E-state index in [1.165, 1.54) is 11.1 Å². The van der Waals surface area contributed by atoms with Crippen molar-refractivity contribution in [2.45, 2.75) is 43.3 Å². The smallest absolute Gasteiger partial charge is 0.321 e. The minimum atomic E-state index is -0.447. The number of rotatable bonds is 6. The third-order valence-corrected chi connectivity index (χ3v) is 5.20. The van der Waals surface area contributed by atoms with E-state index in [2.05, 4.69) is 26.2 Å². The van der Waals surface area contributed by atoms with Gasteiger partial charge in [0.25, 0.3) is 0 Å². The molecule has 1 fully saturated rings. The van der Waals surface area contributed by atoms with Crippen molar-refractivity contribution in [2.24, 2.45) is 0 Å². The van der Waals surface area contributed by atoms with Crippen molar-refractivity contribution < 1.29 is 14.3 Å². The first kappa shape index (κ1) is 19.2. The van der Waals surface area contributed by atoms with Gasteiger partial charge in [-0.25, -0.2) is 4.79 Å². The lowest BCUT2D eigenvalue weighted by Crippen LogP contribution is -2.45. The first-order valence-corrected chi connectivity index (χ1v) is 9.81. The molecule has 1 aliphatic rings. The van der Waals surface area contributed by atoms with E-state index in [0.717, 1.165) is 37.4 Å². The zero-order valence-corrected chi connectivity index (χ0v) is 15.9. The highest BCUT2D eigenvalue weighted by molar-refractivity contribution is 7.99. The molecule has 1 aromatic heterocycles. The lowest BCUT2D eigenvalue weighted by molar-refractivity contribution is -0.117. The Kier molecular flexibility index (Phi) is 6.64. The number of carbonyl (C=O) groups excluding carboxylic acids is 2. The number of nitrogens with one attached hydrogen (secondary N) is 2. The van der Waals surface area contributed by atoms with Gasteiger partial charge in [0, 0.05) is 6.04 Å². The number of benzene rings is 1. The van der Waals surface area contributed by atoms with Crippen LogP contribution in [0.5, 0.6) is 5.75 Å². The number of imide groups is 1. The molecule has 3 amide bonds. The first-order valence-electron chi connectivity index (χ1n) is 8.82. The molecule has 2 N–H and O–H groups in total. The van der Waals surface area contributed by atoms with Crippen molar-refractivity contribution in [3.8, 4) is 11.4 Å². The van der Waals surface area contributed by atoms with Crippen LogP contribution in [0.2, 0.25) is 0 Å². The summed E-state index contributed by atoms with van der Waals surface area (Å²) < 4.78 is 6.82. The highest BCUT2D eigenvalue weighted by atomic mass is 32.2. The molecule has 0 bridgehead atoms. The van der Waals surface area contributed by atoms with Crippen molar-refractivity contribution in [2.75, 3.05) is 12.9 Å². The predicted octanol–water partition coefficient (Wildman–Crippen LogP) is 1.92. The quantitative estimate of drug-likeness (QED) is 0.725. The van der Waals surface area contributed by atoms with Crippen LogP contribution in [0.3, 0.4) is 0 Å². The summed E-state index contributed by atoms with van der Waals surface area (Å²) in [7, 11) is 1.56. The number of tetrazole rings is 1. The molecule has 0 radical (unpaired) electrons. The summed E-state index contributed by atoms with van der Waals surface area (Å²) in [5.41, 5.74) is 0.669. The van der Waals surface area contributed by atoms with E-state index in [1.54, 1.807) is 13.2 Å². The van der Waals surface area contributed by atoms with Crippen LogP contribution in [0.15, 0.2) is 29.4 Å². The highest BCUT2D eigenvalue weighted by Crippen LogP contribution is 2.25. The van der Waals surface area contributed by atoms with Crippen molar-refractivity contribution in [1.29, 1.82) is 0 Å². The number of ether oxygens (including phenoxy) is 1. The first-order chi connectivity index (χ1) is 13.2. The third-order valence-electron chi connectivity index (χ3n) is 4.28. The Bertz CT molecular complexity index is 790. The molecule has 27 heavy (non-hydrogen) atoms. The van der Waals surface area contributed by atoms with E-state index in [4.69, 9.17) is 4.74 Å². The maximum absolute atomic E-state index is 12.1. The molecule has 1 saturated carbocycles. The molecular weight excluding hydrogens is 368 g/mol. The van der Waals surface area contributed by atoms with Gasteiger partial charge < -0.3 is 10.1 Å². The molecular formula is C17H22N6O3S. The predicted molar refractivity (Wildman–Crippen MR) is 100.0 cm³/mol. The van der Waals surface area contributed by atoms with Gasteiger partial charge in [0.2, 0.25) is 11.1 Å². The van der Waals surface area contributed by atoms with Crippen molar-refractivity contribution in [3.05, 3.63) is 24.3 Å². The Labute approximate surface area is 161 Å². The molecule has 0 spiro atoms. The summed E-state index contributed by atoms with van der Waals surface area (Å²) in [5.74, 6) is 0.235. The number of thioether (sulfide) groups is 1. The molecule has 0 unspecified atom stereocenters. The van der Waals surface area contributed by atoms with Crippen LogP contribution in [0.25, 0.3) is 5.69 Å². The molecule has 1 heterocycles. The van der Waals surface area contributed by atoms with Crippen LogP contribution >= 0.6 is 11.8 Å². The second kappa shape index (κ2) is 9.36. The van der Waals surface area contributed by atoms with E-state index >= 15 is 0 Å². The fourth-order valence-corrected chi connectivity index (χ4v) is 3.67. The van der Waals surface area contributed by atoms with Crippen molar-refractivity contribution in [3.63, 3.8) is 0 Å². The Hall–Kier alpha value is -2.62. The van der Waals surface area contributed by atoms with Crippen LogP contribution in [-0.2, 0) is 4.79 Å².